The van der Waals surface area contributed by atoms with E-state index in [2.05, 4.69) is 0 Å². The lowest BCUT2D eigenvalue weighted by atomic mass is 9.82. The number of sulfonamides is 1. The Bertz CT molecular complexity index is 1100. The maximum atomic E-state index is 13.2. The summed E-state index contributed by atoms with van der Waals surface area (Å²) < 4.78 is 29.2. The Kier molecular flexibility index (Phi) is 5.07. The van der Waals surface area contributed by atoms with Crippen molar-refractivity contribution in [1.82, 2.24) is 13.8 Å². The zero-order valence-corrected chi connectivity index (χ0v) is 18.3. The Hall–Kier alpha value is -1.97. The monoisotopic (exact) mass is 447 g/mol. The summed E-state index contributed by atoms with van der Waals surface area (Å²) in [7, 11) is -3.45. The minimum Gasteiger partial charge on any atom is -0.341 e. The normalized spacial score (nSPS) is 25.1. The van der Waals surface area contributed by atoms with Gasteiger partial charge in [0, 0.05) is 56.3 Å². The zero-order chi connectivity index (χ0) is 20.9. The van der Waals surface area contributed by atoms with Crippen LogP contribution in [0.5, 0.6) is 0 Å². The number of pyridine rings is 1. The summed E-state index contributed by atoms with van der Waals surface area (Å²) in [4.78, 5) is 27.4. The average molecular weight is 448 g/mol. The Morgan fingerprint density at radius 3 is 2.57 bits per heavy atom. The van der Waals surface area contributed by atoms with E-state index in [0.717, 1.165) is 12.1 Å². The molecule has 3 aliphatic rings. The highest BCUT2D eigenvalue weighted by Gasteiger charge is 2.39. The second kappa shape index (κ2) is 7.62. The Labute approximate surface area is 180 Å². The van der Waals surface area contributed by atoms with E-state index in [-0.39, 0.29) is 23.3 Å². The molecule has 5 rings (SSSR count). The van der Waals surface area contributed by atoms with E-state index in [1.165, 1.54) is 15.6 Å². The minimum absolute atomic E-state index is 0.0429. The van der Waals surface area contributed by atoms with Gasteiger partial charge in [-0.3, -0.25) is 9.59 Å². The first-order valence-electron chi connectivity index (χ1n) is 10.5. The summed E-state index contributed by atoms with van der Waals surface area (Å²) in [5.74, 6) is 0.524. The lowest BCUT2D eigenvalue weighted by molar-refractivity contribution is -0.139. The Balaban J connectivity index is 1.26. The molecule has 9 heteroatoms. The van der Waals surface area contributed by atoms with Crippen molar-refractivity contribution in [1.29, 1.82) is 0 Å². The van der Waals surface area contributed by atoms with Gasteiger partial charge in [-0.15, -0.1) is 11.3 Å². The molecule has 2 fully saturated rings. The fourth-order valence-electron chi connectivity index (χ4n) is 5.22. The largest absolute Gasteiger partial charge is 0.341 e. The van der Waals surface area contributed by atoms with Crippen LogP contribution in [0.4, 0.5) is 0 Å². The Morgan fingerprint density at radius 2 is 1.83 bits per heavy atom. The fraction of sp³-hybridized carbons (Fsp3) is 0.524. The van der Waals surface area contributed by atoms with E-state index in [1.54, 1.807) is 29.6 Å². The van der Waals surface area contributed by atoms with Crippen molar-refractivity contribution in [2.75, 3.05) is 26.2 Å². The van der Waals surface area contributed by atoms with Gasteiger partial charge in [0.25, 0.3) is 15.6 Å². The van der Waals surface area contributed by atoms with Crippen molar-refractivity contribution in [3.05, 3.63) is 51.8 Å². The van der Waals surface area contributed by atoms with Crippen LogP contribution in [-0.2, 0) is 21.4 Å². The molecule has 0 saturated carbocycles. The van der Waals surface area contributed by atoms with Crippen LogP contribution in [0.2, 0.25) is 0 Å². The molecule has 2 saturated heterocycles. The number of piperidine rings is 2. The number of hydrogen-bond acceptors (Lipinski definition) is 5. The number of amides is 1. The van der Waals surface area contributed by atoms with E-state index in [9.17, 15) is 18.0 Å². The fourth-order valence-corrected chi connectivity index (χ4v) is 7.83. The SMILES string of the molecule is O=C(C1CCN(S(=O)(=O)c2cccs2)CC1)N1C[C@@H]2C[C@H](C1)c1cccc(=O)n1C2. The van der Waals surface area contributed by atoms with Crippen LogP contribution in [0.15, 0.2) is 44.7 Å². The predicted molar refractivity (Wildman–Crippen MR) is 114 cm³/mol. The van der Waals surface area contributed by atoms with Crippen molar-refractivity contribution in [2.24, 2.45) is 11.8 Å². The van der Waals surface area contributed by atoms with Crippen LogP contribution in [-0.4, -0.2) is 54.3 Å². The standard InChI is InChI=1S/C21H25N3O4S2/c25-19-4-1-3-18-17-11-15(13-24(18)19)12-22(14-17)21(26)16-6-8-23(9-7-16)30(27,28)20-5-2-10-29-20/h1-5,10,15-17H,6-9,11-14H2/t15-,17+/m0/s1. The van der Waals surface area contributed by atoms with Gasteiger partial charge in [0.2, 0.25) is 5.91 Å². The van der Waals surface area contributed by atoms with E-state index in [1.807, 2.05) is 15.5 Å². The van der Waals surface area contributed by atoms with Crippen LogP contribution in [0, 0.1) is 11.8 Å². The first-order valence-corrected chi connectivity index (χ1v) is 12.8. The molecule has 160 valence electrons. The molecule has 7 nitrogen and oxygen atoms in total. The van der Waals surface area contributed by atoms with E-state index in [4.69, 9.17) is 0 Å². The minimum atomic E-state index is -3.45. The average Bonchev–Trinajstić information content (AvgIpc) is 3.30. The molecule has 30 heavy (non-hydrogen) atoms. The van der Waals surface area contributed by atoms with Crippen molar-refractivity contribution >= 4 is 27.3 Å². The molecule has 0 spiro atoms. The molecule has 0 unspecified atom stereocenters. The number of hydrogen-bond donors (Lipinski definition) is 0. The summed E-state index contributed by atoms with van der Waals surface area (Å²) in [6.45, 7) is 2.77. The number of thiophene rings is 1. The number of fused-ring (bicyclic) bond motifs is 4. The molecule has 2 aromatic heterocycles. The molecular formula is C21H25N3O4S2. The number of rotatable bonds is 3. The molecule has 0 aromatic carbocycles. The summed E-state index contributed by atoms with van der Waals surface area (Å²) >= 11 is 1.23. The third-order valence-electron chi connectivity index (χ3n) is 6.68. The second-order valence-electron chi connectivity index (χ2n) is 8.55. The van der Waals surface area contributed by atoms with Crippen molar-refractivity contribution in [3.8, 4) is 0 Å². The second-order valence-corrected chi connectivity index (χ2v) is 11.7. The molecule has 2 bridgehead atoms. The van der Waals surface area contributed by atoms with Gasteiger partial charge < -0.3 is 9.47 Å². The van der Waals surface area contributed by atoms with Crippen LogP contribution >= 0.6 is 11.3 Å². The highest BCUT2D eigenvalue weighted by atomic mass is 32.2. The van der Waals surface area contributed by atoms with Gasteiger partial charge >= 0.3 is 0 Å². The smallest absolute Gasteiger partial charge is 0.252 e. The molecule has 5 heterocycles. The molecule has 3 aliphatic heterocycles. The molecule has 0 radical (unpaired) electrons. The van der Waals surface area contributed by atoms with E-state index < -0.39 is 10.0 Å². The number of nitrogens with zero attached hydrogens (tertiary/aromatic N) is 3. The first kappa shape index (κ1) is 20.0. The van der Waals surface area contributed by atoms with E-state index in [0.29, 0.717) is 55.7 Å². The number of likely N-dealkylation sites (tertiary alicyclic amines) is 1. The molecule has 0 aliphatic carbocycles. The van der Waals surface area contributed by atoms with Crippen LogP contribution in [0.25, 0.3) is 0 Å². The number of aromatic nitrogens is 1. The summed E-state index contributed by atoms with van der Waals surface area (Å²) in [5, 5.41) is 1.77. The zero-order valence-electron chi connectivity index (χ0n) is 16.6. The topological polar surface area (TPSA) is 79.7 Å². The molecule has 1 amide bonds. The highest BCUT2D eigenvalue weighted by Crippen LogP contribution is 2.36. The van der Waals surface area contributed by atoms with Gasteiger partial charge in [-0.25, -0.2) is 8.42 Å². The van der Waals surface area contributed by atoms with Gasteiger partial charge in [-0.05, 0) is 42.7 Å². The van der Waals surface area contributed by atoms with Gasteiger partial charge in [-0.2, -0.15) is 4.31 Å². The van der Waals surface area contributed by atoms with Gasteiger partial charge in [0.1, 0.15) is 4.21 Å². The molecule has 2 atom stereocenters. The summed E-state index contributed by atoms with van der Waals surface area (Å²) in [6.07, 6.45) is 2.14. The van der Waals surface area contributed by atoms with E-state index >= 15 is 0 Å². The van der Waals surface area contributed by atoms with Crippen LogP contribution in [0.1, 0.15) is 30.9 Å². The van der Waals surface area contributed by atoms with Crippen LogP contribution in [0.3, 0.4) is 0 Å². The first-order chi connectivity index (χ1) is 14.4. The third-order valence-corrected chi connectivity index (χ3v) is 9.96. The molecule has 0 N–H and O–H groups in total. The number of carbonyl (C=O) groups is 1. The lowest BCUT2D eigenvalue weighted by Crippen LogP contribution is -2.52. The Morgan fingerprint density at radius 1 is 1.03 bits per heavy atom. The van der Waals surface area contributed by atoms with Crippen LogP contribution < -0.4 is 5.56 Å². The lowest BCUT2D eigenvalue weighted by Gasteiger charge is -2.44. The summed E-state index contributed by atoms with van der Waals surface area (Å²) in [6, 6.07) is 8.79. The van der Waals surface area contributed by atoms with Crippen molar-refractivity contribution in [3.63, 3.8) is 0 Å². The van der Waals surface area contributed by atoms with Gasteiger partial charge in [0.05, 0.1) is 0 Å². The van der Waals surface area contributed by atoms with Crippen molar-refractivity contribution < 1.29 is 13.2 Å². The van der Waals surface area contributed by atoms with Gasteiger partial charge in [0.15, 0.2) is 0 Å². The maximum absolute atomic E-state index is 13.2. The highest BCUT2D eigenvalue weighted by molar-refractivity contribution is 7.91. The molecular weight excluding hydrogens is 422 g/mol. The molecule has 2 aromatic rings. The quantitative estimate of drug-likeness (QED) is 0.721. The third kappa shape index (κ3) is 3.42. The number of carbonyl (C=O) groups excluding carboxylic acids is 1. The maximum Gasteiger partial charge on any atom is 0.252 e. The predicted octanol–water partition coefficient (Wildman–Crippen LogP) is 1.96. The van der Waals surface area contributed by atoms with Gasteiger partial charge in [-0.1, -0.05) is 12.1 Å². The summed E-state index contributed by atoms with van der Waals surface area (Å²) in [5.41, 5.74) is 1.08. The van der Waals surface area contributed by atoms with Crippen molar-refractivity contribution in [2.45, 2.75) is 35.9 Å².